The predicted molar refractivity (Wildman–Crippen MR) is 67.7 cm³/mol. The second-order valence-electron chi connectivity index (χ2n) is 3.91. The van der Waals surface area contributed by atoms with Crippen LogP contribution in [0.15, 0.2) is 24.3 Å². The molecule has 1 rings (SSSR count). The summed E-state index contributed by atoms with van der Waals surface area (Å²) in [5.41, 5.74) is 6.32. The van der Waals surface area contributed by atoms with Crippen LogP contribution < -0.4 is 10.6 Å². The van der Waals surface area contributed by atoms with E-state index in [1.807, 2.05) is 26.0 Å². The highest BCUT2D eigenvalue weighted by Crippen LogP contribution is 2.20. The highest BCUT2D eigenvalue weighted by Gasteiger charge is 2.17. The Labute approximate surface area is 101 Å². The van der Waals surface area contributed by atoms with Gasteiger partial charge >= 0.3 is 0 Å². The molecular formula is C12H17ClN2O. The molecule has 4 heteroatoms. The fourth-order valence-electron chi connectivity index (χ4n) is 1.45. The van der Waals surface area contributed by atoms with Crippen molar-refractivity contribution in [3.63, 3.8) is 0 Å². The number of rotatable bonds is 4. The molecule has 0 unspecified atom stereocenters. The summed E-state index contributed by atoms with van der Waals surface area (Å²) >= 11 is 5.90. The highest BCUT2D eigenvalue weighted by molar-refractivity contribution is 6.30. The first-order valence-electron chi connectivity index (χ1n) is 5.33. The lowest BCUT2D eigenvalue weighted by Gasteiger charge is -2.24. The number of carbonyl (C=O) groups excluding carboxylic acids is 1. The number of halogens is 1. The molecule has 2 N–H and O–H groups in total. The Morgan fingerprint density at radius 1 is 1.50 bits per heavy atom. The molecule has 3 nitrogen and oxygen atoms in total. The Hall–Kier alpha value is -1.06. The van der Waals surface area contributed by atoms with Crippen LogP contribution in [0.3, 0.4) is 0 Å². The Bertz CT molecular complexity index is 366. The van der Waals surface area contributed by atoms with Crippen LogP contribution in [0.25, 0.3) is 0 Å². The third-order valence-corrected chi connectivity index (χ3v) is 2.47. The molecule has 0 aliphatic heterocycles. The second-order valence-corrected chi connectivity index (χ2v) is 4.35. The number of benzene rings is 1. The van der Waals surface area contributed by atoms with Crippen LogP contribution in [-0.2, 0) is 4.79 Å². The molecule has 0 fully saturated rings. The molecule has 1 amide bonds. The summed E-state index contributed by atoms with van der Waals surface area (Å²) in [5.74, 6) is 0.0123. The van der Waals surface area contributed by atoms with Crippen molar-refractivity contribution in [2.24, 2.45) is 11.7 Å². The molecule has 0 saturated carbocycles. The molecule has 0 bridgehead atoms. The minimum absolute atomic E-state index is 0.0504. The average Bonchev–Trinajstić information content (AvgIpc) is 2.24. The number of hydrogen-bond acceptors (Lipinski definition) is 2. The predicted octanol–water partition coefficient (Wildman–Crippen LogP) is 2.29. The minimum atomic E-state index is -0.0504. The molecule has 88 valence electrons. The van der Waals surface area contributed by atoms with Crippen LogP contribution >= 0.6 is 11.6 Å². The SMILES string of the molecule is CC(C)C(=O)N(CCN)c1cccc(Cl)c1. The van der Waals surface area contributed by atoms with Crippen LogP contribution in [0.2, 0.25) is 5.02 Å². The van der Waals surface area contributed by atoms with Crippen molar-refractivity contribution in [2.75, 3.05) is 18.0 Å². The topological polar surface area (TPSA) is 46.3 Å². The van der Waals surface area contributed by atoms with Gasteiger partial charge in [-0.3, -0.25) is 4.79 Å². The van der Waals surface area contributed by atoms with Crippen molar-refractivity contribution < 1.29 is 4.79 Å². The van der Waals surface area contributed by atoms with Gasteiger partial charge in [0.2, 0.25) is 5.91 Å². The van der Waals surface area contributed by atoms with Crippen molar-refractivity contribution in [2.45, 2.75) is 13.8 Å². The number of nitrogens with two attached hydrogens (primary N) is 1. The Balaban J connectivity index is 2.97. The lowest BCUT2D eigenvalue weighted by atomic mass is 10.1. The summed E-state index contributed by atoms with van der Waals surface area (Å²) in [6, 6.07) is 7.25. The summed E-state index contributed by atoms with van der Waals surface area (Å²) in [7, 11) is 0. The van der Waals surface area contributed by atoms with Gasteiger partial charge in [0.15, 0.2) is 0 Å². The summed E-state index contributed by atoms with van der Waals surface area (Å²) in [6.45, 7) is 4.69. The largest absolute Gasteiger partial charge is 0.329 e. The zero-order valence-corrected chi connectivity index (χ0v) is 10.4. The van der Waals surface area contributed by atoms with E-state index in [0.717, 1.165) is 5.69 Å². The van der Waals surface area contributed by atoms with Gasteiger partial charge in [-0.15, -0.1) is 0 Å². The van der Waals surface area contributed by atoms with E-state index < -0.39 is 0 Å². The number of hydrogen-bond donors (Lipinski definition) is 1. The van der Waals surface area contributed by atoms with Crippen LogP contribution in [0.4, 0.5) is 5.69 Å². The van der Waals surface area contributed by atoms with Gasteiger partial charge < -0.3 is 10.6 Å². The monoisotopic (exact) mass is 240 g/mol. The summed E-state index contributed by atoms with van der Waals surface area (Å²) in [4.78, 5) is 13.6. The Morgan fingerprint density at radius 2 is 2.19 bits per heavy atom. The second kappa shape index (κ2) is 5.87. The zero-order chi connectivity index (χ0) is 12.1. The maximum Gasteiger partial charge on any atom is 0.229 e. The molecule has 1 aromatic rings. The van der Waals surface area contributed by atoms with E-state index in [-0.39, 0.29) is 11.8 Å². The van der Waals surface area contributed by atoms with Crippen molar-refractivity contribution in [1.29, 1.82) is 0 Å². The fourth-order valence-corrected chi connectivity index (χ4v) is 1.64. The van der Waals surface area contributed by atoms with E-state index in [9.17, 15) is 4.79 Å². The van der Waals surface area contributed by atoms with Crippen LogP contribution in [-0.4, -0.2) is 19.0 Å². The standard InChI is InChI=1S/C12H17ClN2O/c1-9(2)12(16)15(7-6-14)11-5-3-4-10(13)8-11/h3-5,8-9H,6-7,14H2,1-2H3. The normalized spacial score (nSPS) is 10.6. The summed E-state index contributed by atoms with van der Waals surface area (Å²) in [6.07, 6.45) is 0. The Kier molecular flexibility index (Phi) is 4.77. The number of anilines is 1. The fraction of sp³-hybridized carbons (Fsp3) is 0.417. The number of amides is 1. The molecular weight excluding hydrogens is 224 g/mol. The van der Waals surface area contributed by atoms with Crippen LogP contribution in [0.1, 0.15) is 13.8 Å². The van der Waals surface area contributed by atoms with Gasteiger partial charge in [0.05, 0.1) is 0 Å². The molecule has 0 atom stereocenters. The van der Waals surface area contributed by atoms with Gasteiger partial charge in [0.25, 0.3) is 0 Å². The zero-order valence-electron chi connectivity index (χ0n) is 9.61. The molecule has 0 aliphatic rings. The van der Waals surface area contributed by atoms with Crippen molar-refractivity contribution in [1.82, 2.24) is 0 Å². The smallest absolute Gasteiger partial charge is 0.229 e. The third-order valence-electron chi connectivity index (χ3n) is 2.23. The first-order chi connectivity index (χ1) is 7.56. The van der Waals surface area contributed by atoms with E-state index in [1.165, 1.54) is 0 Å². The van der Waals surface area contributed by atoms with Gasteiger partial charge in [-0.05, 0) is 18.2 Å². The number of carbonyl (C=O) groups is 1. The first-order valence-corrected chi connectivity index (χ1v) is 5.71. The van der Waals surface area contributed by atoms with Gasteiger partial charge in [0, 0.05) is 29.7 Å². The molecule has 0 heterocycles. The summed E-state index contributed by atoms with van der Waals surface area (Å²) in [5, 5.41) is 0.621. The third kappa shape index (κ3) is 3.22. The molecule has 0 aromatic heterocycles. The van der Waals surface area contributed by atoms with E-state index in [0.29, 0.717) is 18.1 Å². The molecule has 0 radical (unpaired) electrons. The molecule has 16 heavy (non-hydrogen) atoms. The molecule has 0 aliphatic carbocycles. The van der Waals surface area contributed by atoms with Gasteiger partial charge in [-0.1, -0.05) is 31.5 Å². The maximum absolute atomic E-state index is 12.0. The molecule has 0 saturated heterocycles. The van der Waals surface area contributed by atoms with E-state index >= 15 is 0 Å². The van der Waals surface area contributed by atoms with Crippen molar-refractivity contribution in [3.05, 3.63) is 29.3 Å². The maximum atomic E-state index is 12.0. The summed E-state index contributed by atoms with van der Waals surface area (Å²) < 4.78 is 0. The van der Waals surface area contributed by atoms with Crippen molar-refractivity contribution >= 4 is 23.2 Å². The highest BCUT2D eigenvalue weighted by atomic mass is 35.5. The van der Waals surface area contributed by atoms with Gasteiger partial charge in [-0.2, -0.15) is 0 Å². The van der Waals surface area contributed by atoms with Crippen LogP contribution in [0.5, 0.6) is 0 Å². The number of nitrogens with zero attached hydrogens (tertiary/aromatic N) is 1. The molecule has 1 aromatic carbocycles. The first kappa shape index (κ1) is 13.0. The lowest BCUT2D eigenvalue weighted by Crippen LogP contribution is -2.38. The van der Waals surface area contributed by atoms with Gasteiger partial charge in [-0.25, -0.2) is 0 Å². The average molecular weight is 241 g/mol. The van der Waals surface area contributed by atoms with Crippen molar-refractivity contribution in [3.8, 4) is 0 Å². The van der Waals surface area contributed by atoms with E-state index in [2.05, 4.69) is 0 Å². The lowest BCUT2D eigenvalue weighted by molar-refractivity contribution is -0.121. The van der Waals surface area contributed by atoms with E-state index in [4.69, 9.17) is 17.3 Å². The molecule has 0 spiro atoms. The van der Waals surface area contributed by atoms with Gasteiger partial charge in [0.1, 0.15) is 0 Å². The minimum Gasteiger partial charge on any atom is -0.329 e. The van der Waals surface area contributed by atoms with E-state index in [1.54, 1.807) is 17.0 Å². The quantitative estimate of drug-likeness (QED) is 0.878. The Morgan fingerprint density at radius 3 is 2.69 bits per heavy atom. The van der Waals surface area contributed by atoms with Crippen LogP contribution in [0, 0.1) is 5.92 Å².